The number of hydrogen-bond acceptors (Lipinski definition) is 4. The fourth-order valence-electron chi connectivity index (χ4n) is 4.72. The monoisotopic (exact) mass is 417 g/mol. The Morgan fingerprint density at radius 2 is 1.72 bits per heavy atom. The van der Waals surface area contributed by atoms with E-state index in [1.807, 2.05) is 9.80 Å². The van der Waals surface area contributed by atoms with Gasteiger partial charge in [-0.3, -0.25) is 9.80 Å². The maximum atomic E-state index is 13.4. The van der Waals surface area contributed by atoms with Crippen molar-refractivity contribution in [2.45, 2.75) is 11.4 Å². The van der Waals surface area contributed by atoms with Crippen molar-refractivity contribution in [2.24, 2.45) is 0 Å². The van der Waals surface area contributed by atoms with Crippen molar-refractivity contribution in [3.8, 4) is 0 Å². The van der Waals surface area contributed by atoms with Crippen LogP contribution in [0.1, 0.15) is 5.01 Å². The molecule has 0 atom stereocenters. The molecule has 0 spiro atoms. The second-order valence-corrected chi connectivity index (χ2v) is 9.62. The Morgan fingerprint density at radius 3 is 2.69 bits per heavy atom. The Morgan fingerprint density at radius 1 is 0.897 bits per heavy atom. The van der Waals surface area contributed by atoms with Gasteiger partial charge in [-0.25, -0.2) is 4.79 Å². The van der Waals surface area contributed by atoms with E-state index >= 15 is 0 Å². The van der Waals surface area contributed by atoms with E-state index < -0.39 is 0 Å². The predicted molar refractivity (Wildman–Crippen MR) is 115 cm³/mol. The Labute approximate surface area is 176 Å². The summed E-state index contributed by atoms with van der Waals surface area (Å²) in [5, 5.41) is 2.35. The molecule has 5 heterocycles. The third-order valence-corrected chi connectivity index (χ3v) is 8.44. The van der Waals surface area contributed by atoms with Crippen LogP contribution in [0, 0.1) is 0 Å². The van der Waals surface area contributed by atoms with E-state index in [1.54, 1.807) is 23.1 Å². The molecule has 7 rings (SSSR count). The largest absolute Gasteiger partial charge is 0.331 e. The number of aromatic nitrogens is 1. The number of allylic oxidation sites excluding steroid dienone is 1. The molecular weight excluding hydrogens is 400 g/mol. The average molecular weight is 418 g/mol. The Hall–Kier alpha value is -2.77. The molecule has 3 aromatic rings. The van der Waals surface area contributed by atoms with Gasteiger partial charge >= 0.3 is 6.03 Å². The highest BCUT2D eigenvalue weighted by Crippen LogP contribution is 2.50. The maximum absolute atomic E-state index is 13.4. The number of anilines is 1. The van der Waals surface area contributed by atoms with Gasteiger partial charge in [-0.2, -0.15) is 4.57 Å². The van der Waals surface area contributed by atoms with Crippen molar-refractivity contribution in [2.75, 3.05) is 24.5 Å². The van der Waals surface area contributed by atoms with Gasteiger partial charge in [-0.05, 0) is 24.3 Å². The van der Waals surface area contributed by atoms with Gasteiger partial charge in [0.25, 0.3) is 5.01 Å². The standard InChI is InChI=1S/C22H17N4OS2/c27-22-25-11-9-23-14-5-1-3-7-18(14)28-20(23)16(25)13-17-21-24(10-12-26(17)22)15-6-2-4-8-19(15)29-21/h1-8,13H,9-12H2/q+1. The molecule has 142 valence electrons. The summed E-state index contributed by atoms with van der Waals surface area (Å²) in [6.07, 6.45) is 2.24. The second-order valence-electron chi connectivity index (χ2n) is 7.55. The molecule has 0 saturated heterocycles. The highest BCUT2D eigenvalue weighted by molar-refractivity contribution is 8.03. The zero-order chi connectivity index (χ0) is 19.1. The lowest BCUT2D eigenvalue weighted by molar-refractivity contribution is -0.672. The third-order valence-electron chi connectivity index (χ3n) is 6.07. The molecular formula is C22H17N4OS2+. The number of hydrogen-bond donors (Lipinski definition) is 0. The van der Waals surface area contributed by atoms with Gasteiger partial charge in [0.2, 0.25) is 5.52 Å². The van der Waals surface area contributed by atoms with E-state index in [1.165, 1.54) is 30.8 Å². The summed E-state index contributed by atoms with van der Waals surface area (Å²) in [6, 6.07) is 17.2. The minimum Gasteiger partial charge on any atom is -0.331 e. The molecule has 0 saturated carbocycles. The number of nitrogens with zero attached hydrogens (tertiary/aromatic N) is 4. The predicted octanol–water partition coefficient (Wildman–Crippen LogP) is 4.08. The zero-order valence-electron chi connectivity index (χ0n) is 15.5. The van der Waals surface area contributed by atoms with Gasteiger partial charge in [0, 0.05) is 24.1 Å². The van der Waals surface area contributed by atoms with Gasteiger partial charge in [0.15, 0.2) is 6.54 Å². The van der Waals surface area contributed by atoms with Crippen LogP contribution in [-0.2, 0) is 6.54 Å². The van der Waals surface area contributed by atoms with Crippen molar-refractivity contribution in [3.63, 3.8) is 0 Å². The molecule has 1 aromatic heterocycles. The van der Waals surface area contributed by atoms with Crippen molar-refractivity contribution < 1.29 is 9.36 Å². The van der Waals surface area contributed by atoms with Crippen LogP contribution in [0.25, 0.3) is 15.9 Å². The normalized spacial score (nSPS) is 19.7. The van der Waals surface area contributed by atoms with Gasteiger partial charge in [-0.15, -0.1) is 0 Å². The number of thioether (sulfide) groups is 1. The number of para-hydroxylation sites is 2. The smallest absolute Gasteiger partial charge is 0.329 e. The summed E-state index contributed by atoms with van der Waals surface area (Å²) in [6.45, 7) is 3.13. The first-order chi connectivity index (χ1) is 14.3. The average Bonchev–Trinajstić information content (AvgIpc) is 3.32. The number of rotatable bonds is 0. The van der Waals surface area contributed by atoms with Crippen molar-refractivity contribution in [3.05, 3.63) is 70.3 Å². The minimum absolute atomic E-state index is 0.116. The van der Waals surface area contributed by atoms with E-state index in [0.717, 1.165) is 37.6 Å². The Balaban J connectivity index is 1.45. The number of fused-ring (bicyclic) bond motifs is 9. The van der Waals surface area contributed by atoms with E-state index in [-0.39, 0.29) is 6.03 Å². The molecule has 0 unspecified atom stereocenters. The number of carbonyl (C=O) groups is 1. The van der Waals surface area contributed by atoms with Crippen LogP contribution in [0.5, 0.6) is 0 Å². The second kappa shape index (κ2) is 5.64. The molecule has 7 heteroatoms. The van der Waals surface area contributed by atoms with Crippen LogP contribution in [-0.4, -0.2) is 35.5 Å². The number of urea groups is 1. The van der Waals surface area contributed by atoms with E-state index in [0.29, 0.717) is 0 Å². The van der Waals surface area contributed by atoms with E-state index in [2.05, 4.69) is 64.1 Å². The van der Waals surface area contributed by atoms with Crippen LogP contribution in [0.15, 0.2) is 70.2 Å². The Bertz CT molecular complexity index is 1290. The first kappa shape index (κ1) is 16.1. The minimum atomic E-state index is 0.116. The lowest BCUT2D eigenvalue weighted by Gasteiger charge is -2.41. The maximum Gasteiger partial charge on any atom is 0.329 e. The summed E-state index contributed by atoms with van der Waals surface area (Å²) in [5.74, 6) is 0. The van der Waals surface area contributed by atoms with Crippen LogP contribution in [0.3, 0.4) is 0 Å². The van der Waals surface area contributed by atoms with Crippen molar-refractivity contribution in [1.29, 1.82) is 0 Å². The number of benzene rings is 2. The van der Waals surface area contributed by atoms with Gasteiger partial charge in [0.1, 0.15) is 15.4 Å². The molecule has 29 heavy (non-hydrogen) atoms. The highest BCUT2D eigenvalue weighted by atomic mass is 32.2. The lowest BCUT2D eigenvalue weighted by atomic mass is 10.1. The van der Waals surface area contributed by atoms with E-state index in [9.17, 15) is 4.79 Å². The molecule has 0 bridgehead atoms. The number of amides is 2. The lowest BCUT2D eigenvalue weighted by Crippen LogP contribution is -2.56. The fraction of sp³-hybridized carbons (Fsp3) is 0.182. The highest BCUT2D eigenvalue weighted by Gasteiger charge is 2.44. The summed E-state index contributed by atoms with van der Waals surface area (Å²) >= 11 is 3.56. The third kappa shape index (κ3) is 2.06. The van der Waals surface area contributed by atoms with Crippen LogP contribution < -0.4 is 9.47 Å². The topological polar surface area (TPSA) is 30.7 Å². The van der Waals surface area contributed by atoms with E-state index in [4.69, 9.17) is 0 Å². The molecule has 4 aliphatic rings. The first-order valence-corrected chi connectivity index (χ1v) is 11.4. The number of thiazole rings is 1. The molecule has 0 N–H and O–H groups in total. The summed E-state index contributed by atoms with van der Waals surface area (Å²) in [7, 11) is 0. The fourth-order valence-corrected chi connectivity index (χ4v) is 7.14. The van der Waals surface area contributed by atoms with Crippen molar-refractivity contribution >= 4 is 50.7 Å². The molecule has 2 aromatic carbocycles. The molecule has 0 radical (unpaired) electrons. The van der Waals surface area contributed by atoms with Crippen molar-refractivity contribution in [1.82, 2.24) is 9.80 Å². The van der Waals surface area contributed by atoms with Crippen LogP contribution >= 0.6 is 23.1 Å². The Kier molecular flexibility index (Phi) is 3.13. The van der Waals surface area contributed by atoms with Crippen LogP contribution in [0.4, 0.5) is 10.5 Å². The summed E-state index contributed by atoms with van der Waals surface area (Å²) in [4.78, 5) is 21.0. The van der Waals surface area contributed by atoms with Crippen LogP contribution in [0.2, 0.25) is 0 Å². The zero-order valence-corrected chi connectivity index (χ0v) is 17.2. The first-order valence-electron chi connectivity index (χ1n) is 9.81. The summed E-state index contributed by atoms with van der Waals surface area (Å²) in [5.41, 5.74) is 4.60. The molecule has 0 aliphatic carbocycles. The number of carbonyl (C=O) groups excluding carboxylic acids is 1. The van der Waals surface area contributed by atoms with Gasteiger partial charge in [-0.1, -0.05) is 47.4 Å². The van der Waals surface area contributed by atoms with Gasteiger partial charge < -0.3 is 4.90 Å². The molecule has 5 nitrogen and oxygen atoms in total. The SMILES string of the molecule is O=C1N2CC[n+]3c(sc4ccccc43)C2=CC2=C3Sc4ccccc4N3CCN12. The summed E-state index contributed by atoms with van der Waals surface area (Å²) < 4.78 is 3.64. The quantitative estimate of drug-likeness (QED) is 0.517. The molecule has 2 amide bonds. The molecule has 0 fully saturated rings. The molecule has 4 aliphatic heterocycles. The van der Waals surface area contributed by atoms with Gasteiger partial charge in [0.05, 0.1) is 17.9 Å².